The predicted molar refractivity (Wildman–Crippen MR) is 96.3 cm³/mol. The highest BCUT2D eigenvalue weighted by molar-refractivity contribution is 6.06. The van der Waals surface area contributed by atoms with Gasteiger partial charge in [0.15, 0.2) is 0 Å². The van der Waals surface area contributed by atoms with Crippen LogP contribution in [0.15, 0.2) is 54.9 Å². The van der Waals surface area contributed by atoms with Crippen molar-refractivity contribution in [2.45, 2.75) is 12.8 Å². The summed E-state index contributed by atoms with van der Waals surface area (Å²) in [7, 11) is 1.61. The summed E-state index contributed by atoms with van der Waals surface area (Å²) in [4.78, 5) is 32.4. The molecule has 0 unspecified atom stereocenters. The zero-order chi connectivity index (χ0) is 17.6. The minimum atomic E-state index is -0.222. The number of fused-ring (bicyclic) bond motifs is 1. The second-order valence-electron chi connectivity index (χ2n) is 5.54. The molecule has 2 amide bonds. The first-order chi connectivity index (χ1) is 12.2. The highest BCUT2D eigenvalue weighted by atomic mass is 16.2. The summed E-state index contributed by atoms with van der Waals surface area (Å²) >= 11 is 0. The van der Waals surface area contributed by atoms with Crippen molar-refractivity contribution >= 4 is 28.5 Å². The summed E-state index contributed by atoms with van der Waals surface area (Å²) in [6.07, 6.45) is 4.14. The van der Waals surface area contributed by atoms with Crippen LogP contribution in [-0.4, -0.2) is 28.8 Å². The molecule has 3 aromatic rings. The molecule has 0 saturated carbocycles. The first kappa shape index (κ1) is 16.6. The van der Waals surface area contributed by atoms with Crippen LogP contribution < -0.4 is 10.6 Å². The molecule has 0 fully saturated rings. The van der Waals surface area contributed by atoms with Crippen LogP contribution in [0.25, 0.3) is 11.0 Å². The highest BCUT2D eigenvalue weighted by Gasteiger charge is 2.11. The van der Waals surface area contributed by atoms with Crippen LogP contribution in [-0.2, 0) is 11.2 Å². The summed E-state index contributed by atoms with van der Waals surface area (Å²) in [5.74, 6) is -0.255. The molecule has 0 aliphatic rings. The van der Waals surface area contributed by atoms with Gasteiger partial charge >= 0.3 is 0 Å². The SMILES string of the molecule is CNC(=O)CCc1ccccc1NC(=O)c1ccc2nccnc2c1. The average molecular weight is 334 g/mol. The van der Waals surface area contributed by atoms with Crippen molar-refractivity contribution in [3.63, 3.8) is 0 Å². The van der Waals surface area contributed by atoms with E-state index in [0.29, 0.717) is 29.6 Å². The van der Waals surface area contributed by atoms with Crippen LogP contribution in [0.4, 0.5) is 5.69 Å². The monoisotopic (exact) mass is 334 g/mol. The molecule has 25 heavy (non-hydrogen) atoms. The van der Waals surface area contributed by atoms with E-state index in [1.54, 1.807) is 37.6 Å². The maximum atomic E-state index is 12.6. The molecule has 6 heteroatoms. The van der Waals surface area contributed by atoms with Gasteiger partial charge in [0.05, 0.1) is 11.0 Å². The Morgan fingerprint density at radius 1 is 1.00 bits per heavy atom. The molecule has 0 radical (unpaired) electrons. The number of benzene rings is 2. The van der Waals surface area contributed by atoms with Gasteiger partial charge in [-0.2, -0.15) is 0 Å². The second kappa shape index (κ2) is 7.53. The molecule has 3 rings (SSSR count). The predicted octanol–water partition coefficient (Wildman–Crippen LogP) is 2.56. The van der Waals surface area contributed by atoms with Crippen LogP contribution in [0.5, 0.6) is 0 Å². The molecule has 0 aliphatic heterocycles. The van der Waals surface area contributed by atoms with Crippen LogP contribution in [0, 0.1) is 0 Å². The van der Waals surface area contributed by atoms with E-state index in [0.717, 1.165) is 11.1 Å². The smallest absolute Gasteiger partial charge is 0.255 e. The summed E-state index contributed by atoms with van der Waals surface area (Å²) < 4.78 is 0. The highest BCUT2D eigenvalue weighted by Crippen LogP contribution is 2.19. The molecule has 6 nitrogen and oxygen atoms in total. The maximum absolute atomic E-state index is 12.6. The van der Waals surface area contributed by atoms with Gasteiger partial charge in [0.25, 0.3) is 5.91 Å². The van der Waals surface area contributed by atoms with Crippen molar-refractivity contribution in [3.05, 3.63) is 66.0 Å². The lowest BCUT2D eigenvalue weighted by Gasteiger charge is -2.11. The number of carbonyl (C=O) groups is 2. The number of aromatic nitrogens is 2. The number of hydrogen-bond acceptors (Lipinski definition) is 4. The Labute approximate surface area is 145 Å². The fourth-order valence-electron chi connectivity index (χ4n) is 2.53. The molecule has 1 aromatic heterocycles. The third kappa shape index (κ3) is 3.98. The molecule has 0 bridgehead atoms. The number of para-hydroxylation sites is 1. The molecular formula is C19H18N4O2. The van der Waals surface area contributed by atoms with Gasteiger partial charge in [0, 0.05) is 37.1 Å². The fourth-order valence-corrected chi connectivity index (χ4v) is 2.53. The van der Waals surface area contributed by atoms with Gasteiger partial charge in [-0.3, -0.25) is 19.6 Å². The molecule has 126 valence electrons. The van der Waals surface area contributed by atoms with E-state index in [-0.39, 0.29) is 11.8 Å². The van der Waals surface area contributed by atoms with Gasteiger partial charge < -0.3 is 10.6 Å². The number of aryl methyl sites for hydroxylation is 1. The number of anilines is 1. The van der Waals surface area contributed by atoms with Crippen LogP contribution in [0.1, 0.15) is 22.3 Å². The van der Waals surface area contributed by atoms with E-state index in [2.05, 4.69) is 20.6 Å². The summed E-state index contributed by atoms with van der Waals surface area (Å²) in [6, 6.07) is 12.7. The lowest BCUT2D eigenvalue weighted by atomic mass is 10.1. The largest absolute Gasteiger partial charge is 0.359 e. The second-order valence-corrected chi connectivity index (χ2v) is 5.54. The summed E-state index contributed by atoms with van der Waals surface area (Å²) in [6.45, 7) is 0. The number of nitrogens with zero attached hydrogens (tertiary/aromatic N) is 2. The van der Waals surface area contributed by atoms with Crippen molar-refractivity contribution in [1.29, 1.82) is 0 Å². The first-order valence-corrected chi connectivity index (χ1v) is 7.98. The topological polar surface area (TPSA) is 84.0 Å². The average Bonchev–Trinajstić information content (AvgIpc) is 2.66. The number of hydrogen-bond donors (Lipinski definition) is 2. The van der Waals surface area contributed by atoms with E-state index in [1.165, 1.54) is 0 Å². The molecule has 2 N–H and O–H groups in total. The number of carbonyl (C=O) groups excluding carboxylic acids is 2. The Kier molecular flexibility index (Phi) is 4.99. The Balaban J connectivity index is 1.79. The first-order valence-electron chi connectivity index (χ1n) is 7.98. The van der Waals surface area contributed by atoms with Crippen molar-refractivity contribution < 1.29 is 9.59 Å². The fraction of sp³-hybridized carbons (Fsp3) is 0.158. The van der Waals surface area contributed by atoms with Gasteiger partial charge in [-0.15, -0.1) is 0 Å². The number of amides is 2. The molecule has 2 aromatic carbocycles. The van der Waals surface area contributed by atoms with Gasteiger partial charge in [0.1, 0.15) is 0 Å². The standard InChI is InChI=1S/C19H18N4O2/c1-20-18(24)9-7-13-4-2-3-5-15(13)23-19(25)14-6-8-16-17(12-14)22-11-10-21-16/h2-6,8,10-12H,7,9H2,1H3,(H,20,24)(H,23,25). The Bertz CT molecular complexity index is 924. The van der Waals surface area contributed by atoms with Gasteiger partial charge in [-0.1, -0.05) is 18.2 Å². The third-order valence-electron chi connectivity index (χ3n) is 3.90. The van der Waals surface area contributed by atoms with E-state index < -0.39 is 0 Å². The van der Waals surface area contributed by atoms with Crippen LogP contribution in [0.3, 0.4) is 0 Å². The van der Waals surface area contributed by atoms with E-state index in [4.69, 9.17) is 0 Å². The van der Waals surface area contributed by atoms with E-state index >= 15 is 0 Å². The van der Waals surface area contributed by atoms with Crippen molar-refractivity contribution in [2.24, 2.45) is 0 Å². The van der Waals surface area contributed by atoms with Crippen molar-refractivity contribution in [3.8, 4) is 0 Å². The molecule has 0 aliphatic carbocycles. The lowest BCUT2D eigenvalue weighted by molar-refractivity contribution is -0.120. The Morgan fingerprint density at radius 2 is 1.76 bits per heavy atom. The molecule has 0 spiro atoms. The van der Waals surface area contributed by atoms with Crippen LogP contribution in [0.2, 0.25) is 0 Å². The van der Waals surface area contributed by atoms with Gasteiger partial charge in [-0.25, -0.2) is 0 Å². The molecule has 0 saturated heterocycles. The van der Waals surface area contributed by atoms with E-state index in [9.17, 15) is 9.59 Å². The molecule has 1 heterocycles. The zero-order valence-corrected chi connectivity index (χ0v) is 13.8. The van der Waals surface area contributed by atoms with Gasteiger partial charge in [0.2, 0.25) is 5.91 Å². The van der Waals surface area contributed by atoms with Crippen molar-refractivity contribution in [1.82, 2.24) is 15.3 Å². The summed E-state index contributed by atoms with van der Waals surface area (Å²) in [5.41, 5.74) is 3.54. The maximum Gasteiger partial charge on any atom is 0.255 e. The number of rotatable bonds is 5. The normalized spacial score (nSPS) is 10.4. The summed E-state index contributed by atoms with van der Waals surface area (Å²) in [5, 5.41) is 5.51. The zero-order valence-electron chi connectivity index (χ0n) is 13.8. The molecule has 0 atom stereocenters. The lowest BCUT2D eigenvalue weighted by Crippen LogP contribution is -2.18. The minimum absolute atomic E-state index is 0.0331. The molecular weight excluding hydrogens is 316 g/mol. The number of nitrogens with one attached hydrogen (secondary N) is 2. The van der Waals surface area contributed by atoms with Crippen molar-refractivity contribution in [2.75, 3.05) is 12.4 Å². The third-order valence-corrected chi connectivity index (χ3v) is 3.90. The Hall–Kier alpha value is -3.28. The minimum Gasteiger partial charge on any atom is -0.359 e. The quantitative estimate of drug-likeness (QED) is 0.751. The van der Waals surface area contributed by atoms with E-state index in [1.807, 2.05) is 24.3 Å². The van der Waals surface area contributed by atoms with Crippen LogP contribution >= 0.6 is 0 Å². The Morgan fingerprint density at radius 3 is 2.56 bits per heavy atom. The van der Waals surface area contributed by atoms with Gasteiger partial charge in [-0.05, 0) is 36.2 Å².